The smallest absolute Gasteiger partial charge is 0.233 e. The van der Waals surface area contributed by atoms with Crippen LogP contribution < -0.4 is 11.3 Å². The van der Waals surface area contributed by atoms with Crippen LogP contribution in [0.4, 0.5) is 0 Å². The highest BCUT2D eigenvalue weighted by Gasteiger charge is 2.05. The number of rotatable bonds is 5. The minimum Gasteiger partial charge on any atom is -0.391 e. The summed E-state index contributed by atoms with van der Waals surface area (Å²) < 4.78 is 4.66. The van der Waals surface area contributed by atoms with Crippen molar-refractivity contribution in [3.63, 3.8) is 0 Å². The van der Waals surface area contributed by atoms with Crippen LogP contribution in [0, 0.1) is 0 Å². The number of carbonyl (C=O) groups is 1. The van der Waals surface area contributed by atoms with Gasteiger partial charge in [-0.25, -0.2) is 5.84 Å². The standard InChI is InChI=1S/C6H14N2O3/c1-11-4-5(9)2-3-6(10)8-7/h5,9H,2-4,7H2,1H3,(H,8,10). The van der Waals surface area contributed by atoms with Gasteiger partial charge in [-0.2, -0.15) is 0 Å². The van der Waals surface area contributed by atoms with E-state index in [0.717, 1.165) is 0 Å². The van der Waals surface area contributed by atoms with Crippen LogP contribution in [0.15, 0.2) is 0 Å². The molecule has 4 N–H and O–H groups in total. The summed E-state index contributed by atoms with van der Waals surface area (Å²) in [5, 5.41) is 9.05. The van der Waals surface area contributed by atoms with Gasteiger partial charge in [0.1, 0.15) is 0 Å². The van der Waals surface area contributed by atoms with Gasteiger partial charge in [0.15, 0.2) is 0 Å². The predicted molar refractivity (Wildman–Crippen MR) is 39.4 cm³/mol. The fourth-order valence-corrected chi connectivity index (χ4v) is 0.646. The lowest BCUT2D eigenvalue weighted by atomic mass is 10.2. The molecule has 0 aromatic carbocycles. The molecule has 5 nitrogen and oxygen atoms in total. The summed E-state index contributed by atoms with van der Waals surface area (Å²) in [5.41, 5.74) is 1.97. The summed E-state index contributed by atoms with van der Waals surface area (Å²) in [7, 11) is 1.49. The normalized spacial score (nSPS) is 12.6. The van der Waals surface area contributed by atoms with Gasteiger partial charge in [-0.1, -0.05) is 0 Å². The molecule has 66 valence electrons. The Kier molecular flexibility index (Phi) is 5.73. The molecule has 1 amide bonds. The minimum absolute atomic E-state index is 0.223. The van der Waals surface area contributed by atoms with E-state index in [9.17, 15) is 4.79 Å². The van der Waals surface area contributed by atoms with Crippen molar-refractivity contribution in [3.8, 4) is 0 Å². The Morgan fingerprint density at radius 3 is 2.91 bits per heavy atom. The number of ether oxygens (including phenoxy) is 1. The molecule has 0 fully saturated rings. The number of hydrogen-bond acceptors (Lipinski definition) is 4. The zero-order valence-corrected chi connectivity index (χ0v) is 6.54. The molecule has 0 radical (unpaired) electrons. The molecule has 1 atom stereocenters. The number of carbonyl (C=O) groups excluding carboxylic acids is 1. The second-order valence-corrected chi connectivity index (χ2v) is 2.22. The molecule has 0 rings (SSSR count). The van der Waals surface area contributed by atoms with E-state index >= 15 is 0 Å². The summed E-state index contributed by atoms with van der Waals surface area (Å²) in [6, 6.07) is 0. The van der Waals surface area contributed by atoms with E-state index < -0.39 is 6.10 Å². The molecule has 5 heteroatoms. The lowest BCUT2D eigenvalue weighted by molar-refractivity contribution is -0.121. The summed E-state index contributed by atoms with van der Waals surface area (Å²) >= 11 is 0. The van der Waals surface area contributed by atoms with E-state index in [-0.39, 0.29) is 18.9 Å². The summed E-state index contributed by atoms with van der Waals surface area (Å²) in [5.74, 6) is 4.54. The Bertz CT molecular complexity index is 118. The maximum Gasteiger partial charge on any atom is 0.233 e. The Morgan fingerprint density at radius 1 is 1.82 bits per heavy atom. The van der Waals surface area contributed by atoms with Crippen LogP contribution in [0.5, 0.6) is 0 Å². The minimum atomic E-state index is -0.586. The van der Waals surface area contributed by atoms with Crippen LogP contribution in [0.2, 0.25) is 0 Å². The second kappa shape index (κ2) is 6.09. The number of methoxy groups -OCH3 is 1. The van der Waals surface area contributed by atoms with E-state index in [2.05, 4.69) is 4.74 Å². The predicted octanol–water partition coefficient (Wildman–Crippen LogP) is -1.24. The first-order chi connectivity index (χ1) is 5.20. The highest BCUT2D eigenvalue weighted by Crippen LogP contribution is 1.96. The lowest BCUT2D eigenvalue weighted by Gasteiger charge is -2.07. The topological polar surface area (TPSA) is 84.6 Å². The summed E-state index contributed by atoms with van der Waals surface area (Å²) in [6.45, 7) is 0.248. The number of aliphatic hydroxyl groups excluding tert-OH is 1. The van der Waals surface area contributed by atoms with Gasteiger partial charge in [0.05, 0.1) is 12.7 Å². The molecule has 0 spiro atoms. The van der Waals surface area contributed by atoms with Crippen molar-refractivity contribution in [2.24, 2.45) is 5.84 Å². The number of hydrazine groups is 1. The van der Waals surface area contributed by atoms with Crippen molar-refractivity contribution < 1.29 is 14.6 Å². The van der Waals surface area contributed by atoms with Gasteiger partial charge < -0.3 is 9.84 Å². The molecule has 0 saturated carbocycles. The molecule has 11 heavy (non-hydrogen) atoms. The van der Waals surface area contributed by atoms with Crippen LogP contribution in [0.1, 0.15) is 12.8 Å². The van der Waals surface area contributed by atoms with Crippen LogP contribution >= 0.6 is 0 Å². The maximum absolute atomic E-state index is 10.5. The van der Waals surface area contributed by atoms with Gasteiger partial charge >= 0.3 is 0 Å². The SMILES string of the molecule is COCC(O)CCC(=O)NN. The number of nitrogens with one attached hydrogen (secondary N) is 1. The van der Waals surface area contributed by atoms with Crippen molar-refractivity contribution in [2.45, 2.75) is 18.9 Å². The van der Waals surface area contributed by atoms with Gasteiger partial charge in [-0.15, -0.1) is 0 Å². The molecule has 0 aliphatic carbocycles. The van der Waals surface area contributed by atoms with Crippen LogP contribution in [0.25, 0.3) is 0 Å². The molecule has 0 aliphatic heterocycles. The van der Waals surface area contributed by atoms with Crippen LogP contribution in [-0.4, -0.2) is 30.8 Å². The zero-order chi connectivity index (χ0) is 8.69. The highest BCUT2D eigenvalue weighted by molar-refractivity contribution is 5.75. The summed E-state index contributed by atoms with van der Waals surface area (Å²) in [4.78, 5) is 10.5. The molecule has 0 aliphatic rings. The van der Waals surface area contributed by atoms with Crippen molar-refractivity contribution in [1.29, 1.82) is 0 Å². The Morgan fingerprint density at radius 2 is 2.45 bits per heavy atom. The van der Waals surface area contributed by atoms with E-state index in [4.69, 9.17) is 10.9 Å². The fraction of sp³-hybridized carbons (Fsp3) is 0.833. The average molecular weight is 162 g/mol. The Labute approximate surface area is 65.5 Å². The monoisotopic (exact) mass is 162 g/mol. The number of amides is 1. The fourth-order valence-electron chi connectivity index (χ4n) is 0.646. The zero-order valence-electron chi connectivity index (χ0n) is 6.54. The number of nitrogens with two attached hydrogens (primary N) is 1. The van der Waals surface area contributed by atoms with Crippen LogP contribution in [0.3, 0.4) is 0 Å². The lowest BCUT2D eigenvalue weighted by Crippen LogP contribution is -2.31. The number of hydrogen-bond donors (Lipinski definition) is 3. The first kappa shape index (κ1) is 10.3. The third-order valence-corrected chi connectivity index (χ3v) is 1.22. The third-order valence-electron chi connectivity index (χ3n) is 1.22. The molecular weight excluding hydrogens is 148 g/mol. The van der Waals surface area contributed by atoms with Crippen molar-refractivity contribution in [2.75, 3.05) is 13.7 Å². The Balaban J connectivity index is 3.29. The van der Waals surface area contributed by atoms with E-state index in [1.165, 1.54) is 7.11 Å². The molecule has 0 saturated heterocycles. The van der Waals surface area contributed by atoms with Crippen molar-refractivity contribution in [1.82, 2.24) is 5.43 Å². The molecule has 0 heterocycles. The third kappa shape index (κ3) is 5.78. The molecule has 0 aromatic rings. The molecule has 1 unspecified atom stereocenters. The van der Waals surface area contributed by atoms with Gasteiger partial charge in [-0.05, 0) is 6.42 Å². The van der Waals surface area contributed by atoms with Gasteiger partial charge in [-0.3, -0.25) is 10.2 Å². The van der Waals surface area contributed by atoms with Crippen LogP contribution in [-0.2, 0) is 9.53 Å². The van der Waals surface area contributed by atoms with E-state index in [1.54, 1.807) is 0 Å². The quantitative estimate of drug-likeness (QED) is 0.268. The average Bonchev–Trinajstić information content (AvgIpc) is 2.01. The largest absolute Gasteiger partial charge is 0.391 e. The van der Waals surface area contributed by atoms with Crippen molar-refractivity contribution >= 4 is 5.91 Å². The Hall–Kier alpha value is -0.650. The molecule has 0 bridgehead atoms. The van der Waals surface area contributed by atoms with Gasteiger partial charge in [0.25, 0.3) is 0 Å². The molecular formula is C6H14N2O3. The van der Waals surface area contributed by atoms with E-state index in [1.807, 2.05) is 5.43 Å². The molecule has 0 aromatic heterocycles. The number of aliphatic hydroxyl groups is 1. The van der Waals surface area contributed by atoms with Gasteiger partial charge in [0.2, 0.25) is 5.91 Å². The van der Waals surface area contributed by atoms with Gasteiger partial charge in [0, 0.05) is 13.5 Å². The first-order valence-corrected chi connectivity index (χ1v) is 3.37. The second-order valence-electron chi connectivity index (χ2n) is 2.22. The van der Waals surface area contributed by atoms with Crippen molar-refractivity contribution in [3.05, 3.63) is 0 Å². The first-order valence-electron chi connectivity index (χ1n) is 3.37. The highest BCUT2D eigenvalue weighted by atomic mass is 16.5. The summed E-state index contributed by atoms with van der Waals surface area (Å²) in [6.07, 6.45) is 0.00931. The maximum atomic E-state index is 10.5. The van der Waals surface area contributed by atoms with E-state index in [0.29, 0.717) is 6.42 Å².